The molecule has 2 aromatic rings. The number of nitrogens with zero attached hydrogens (tertiary/aromatic N) is 1. The Morgan fingerprint density at radius 3 is 2.68 bits per heavy atom. The molecule has 5 nitrogen and oxygen atoms in total. The van der Waals surface area contributed by atoms with E-state index in [1.807, 2.05) is 0 Å². The SMILES string of the molecule is O=C(Nc1ccnc(C(=O)O)c1)c1cccc(F)c1. The Bertz CT molecular complexity index is 643. The molecule has 0 aliphatic heterocycles. The molecule has 0 unspecified atom stereocenters. The predicted octanol–water partition coefficient (Wildman–Crippen LogP) is 2.17. The van der Waals surface area contributed by atoms with Gasteiger partial charge in [-0.3, -0.25) is 4.79 Å². The molecule has 1 heterocycles. The first kappa shape index (κ1) is 12.7. The van der Waals surface area contributed by atoms with Crippen LogP contribution < -0.4 is 5.32 Å². The summed E-state index contributed by atoms with van der Waals surface area (Å²) in [7, 11) is 0. The molecule has 96 valence electrons. The van der Waals surface area contributed by atoms with E-state index < -0.39 is 17.7 Å². The number of rotatable bonds is 3. The van der Waals surface area contributed by atoms with Gasteiger partial charge < -0.3 is 10.4 Å². The van der Waals surface area contributed by atoms with Crippen molar-refractivity contribution in [1.82, 2.24) is 4.98 Å². The van der Waals surface area contributed by atoms with Gasteiger partial charge in [0.1, 0.15) is 11.5 Å². The van der Waals surface area contributed by atoms with E-state index >= 15 is 0 Å². The van der Waals surface area contributed by atoms with Gasteiger partial charge in [0.2, 0.25) is 0 Å². The number of carboxylic acids is 1. The average molecular weight is 260 g/mol. The van der Waals surface area contributed by atoms with E-state index in [2.05, 4.69) is 10.3 Å². The summed E-state index contributed by atoms with van der Waals surface area (Å²) in [4.78, 5) is 26.2. The highest BCUT2D eigenvalue weighted by Gasteiger charge is 2.09. The number of carbonyl (C=O) groups is 2. The minimum absolute atomic E-state index is 0.147. The smallest absolute Gasteiger partial charge is 0.354 e. The van der Waals surface area contributed by atoms with Crippen LogP contribution >= 0.6 is 0 Å². The van der Waals surface area contributed by atoms with Crippen LogP contribution in [-0.2, 0) is 0 Å². The topological polar surface area (TPSA) is 79.3 Å². The maximum atomic E-state index is 13.0. The number of carboxylic acid groups (broad SMARTS) is 1. The van der Waals surface area contributed by atoms with Crippen molar-refractivity contribution < 1.29 is 19.1 Å². The molecule has 0 spiro atoms. The molecule has 1 aromatic heterocycles. The summed E-state index contributed by atoms with van der Waals surface area (Å²) >= 11 is 0. The van der Waals surface area contributed by atoms with Gasteiger partial charge in [-0.1, -0.05) is 6.07 Å². The fourth-order valence-corrected chi connectivity index (χ4v) is 1.46. The number of anilines is 1. The van der Waals surface area contributed by atoms with Crippen LogP contribution in [0.4, 0.5) is 10.1 Å². The summed E-state index contributed by atoms with van der Waals surface area (Å²) in [6, 6.07) is 7.86. The van der Waals surface area contributed by atoms with Gasteiger partial charge in [0.05, 0.1) is 0 Å². The van der Waals surface area contributed by atoms with Crippen molar-refractivity contribution in [1.29, 1.82) is 0 Å². The van der Waals surface area contributed by atoms with Gasteiger partial charge in [0, 0.05) is 17.4 Å². The highest BCUT2D eigenvalue weighted by atomic mass is 19.1. The molecule has 0 aliphatic rings. The molecular weight excluding hydrogens is 251 g/mol. The third-order valence-electron chi connectivity index (χ3n) is 2.32. The Kier molecular flexibility index (Phi) is 3.51. The van der Waals surface area contributed by atoms with Crippen molar-refractivity contribution in [2.24, 2.45) is 0 Å². The minimum Gasteiger partial charge on any atom is -0.477 e. The quantitative estimate of drug-likeness (QED) is 0.886. The molecular formula is C13H9FN2O3. The van der Waals surface area contributed by atoms with E-state index in [4.69, 9.17) is 5.11 Å². The monoisotopic (exact) mass is 260 g/mol. The lowest BCUT2D eigenvalue weighted by molar-refractivity contribution is 0.0690. The van der Waals surface area contributed by atoms with Crippen molar-refractivity contribution in [2.75, 3.05) is 5.32 Å². The summed E-state index contributed by atoms with van der Waals surface area (Å²) in [6.07, 6.45) is 1.27. The number of carbonyl (C=O) groups excluding carboxylic acids is 1. The van der Waals surface area contributed by atoms with Crippen LogP contribution in [0.2, 0.25) is 0 Å². The number of hydrogen-bond acceptors (Lipinski definition) is 3. The second-order valence-electron chi connectivity index (χ2n) is 3.70. The van der Waals surface area contributed by atoms with Crippen LogP contribution in [0.25, 0.3) is 0 Å². The van der Waals surface area contributed by atoms with E-state index in [9.17, 15) is 14.0 Å². The molecule has 1 aromatic carbocycles. The molecule has 0 fully saturated rings. The molecule has 0 atom stereocenters. The van der Waals surface area contributed by atoms with Gasteiger partial charge in [0.25, 0.3) is 5.91 Å². The first-order valence-corrected chi connectivity index (χ1v) is 5.32. The molecule has 0 radical (unpaired) electrons. The second kappa shape index (κ2) is 5.26. The normalized spacial score (nSPS) is 9.95. The van der Waals surface area contributed by atoms with E-state index in [0.717, 1.165) is 6.07 Å². The van der Waals surface area contributed by atoms with Gasteiger partial charge >= 0.3 is 5.97 Å². The Balaban J connectivity index is 2.19. The van der Waals surface area contributed by atoms with E-state index in [0.29, 0.717) is 0 Å². The maximum absolute atomic E-state index is 13.0. The summed E-state index contributed by atoms with van der Waals surface area (Å²) in [6.45, 7) is 0. The summed E-state index contributed by atoms with van der Waals surface area (Å²) in [5.74, 6) is -2.24. The van der Waals surface area contributed by atoms with Crippen molar-refractivity contribution in [3.8, 4) is 0 Å². The average Bonchev–Trinajstić information content (AvgIpc) is 2.39. The molecule has 1 amide bonds. The Hall–Kier alpha value is -2.76. The van der Waals surface area contributed by atoms with Gasteiger partial charge in [0.15, 0.2) is 0 Å². The van der Waals surface area contributed by atoms with Gasteiger partial charge in [-0.2, -0.15) is 0 Å². The lowest BCUT2D eigenvalue weighted by atomic mass is 10.2. The Labute approximate surface area is 107 Å². The van der Waals surface area contributed by atoms with Crippen molar-refractivity contribution in [2.45, 2.75) is 0 Å². The van der Waals surface area contributed by atoms with Crippen LogP contribution in [0.5, 0.6) is 0 Å². The van der Waals surface area contributed by atoms with Crippen LogP contribution in [0.3, 0.4) is 0 Å². The first-order chi connectivity index (χ1) is 9.06. The van der Waals surface area contributed by atoms with Crippen molar-refractivity contribution >= 4 is 17.6 Å². The zero-order valence-corrected chi connectivity index (χ0v) is 9.63. The highest BCUT2D eigenvalue weighted by molar-refractivity contribution is 6.04. The van der Waals surface area contributed by atoms with Gasteiger partial charge in [-0.25, -0.2) is 14.2 Å². The number of benzene rings is 1. The third kappa shape index (κ3) is 3.12. The standard InChI is InChI=1S/C13H9FN2O3/c14-9-3-1-2-8(6-9)12(17)16-10-4-5-15-11(7-10)13(18)19/h1-7H,(H,18,19)(H,15,16,17). The fraction of sp³-hybridized carbons (Fsp3) is 0. The predicted molar refractivity (Wildman–Crippen MR) is 65.5 cm³/mol. The Morgan fingerprint density at radius 2 is 2.00 bits per heavy atom. The molecule has 19 heavy (non-hydrogen) atoms. The minimum atomic E-state index is -1.19. The van der Waals surface area contributed by atoms with Crippen LogP contribution in [0.15, 0.2) is 42.6 Å². The number of pyridine rings is 1. The van der Waals surface area contributed by atoms with Crippen LogP contribution in [0.1, 0.15) is 20.8 Å². The van der Waals surface area contributed by atoms with E-state index in [1.54, 1.807) is 0 Å². The fourth-order valence-electron chi connectivity index (χ4n) is 1.46. The number of amides is 1. The molecule has 2 N–H and O–H groups in total. The maximum Gasteiger partial charge on any atom is 0.354 e. The molecule has 0 bridgehead atoms. The van der Waals surface area contributed by atoms with Crippen LogP contribution in [-0.4, -0.2) is 22.0 Å². The molecule has 0 aliphatic carbocycles. The molecule has 2 rings (SSSR count). The summed E-state index contributed by atoms with van der Waals surface area (Å²) in [5.41, 5.74) is 0.243. The zero-order chi connectivity index (χ0) is 13.8. The summed E-state index contributed by atoms with van der Waals surface area (Å²) in [5, 5.41) is 11.2. The third-order valence-corrected chi connectivity index (χ3v) is 2.32. The Morgan fingerprint density at radius 1 is 1.21 bits per heavy atom. The number of aromatic nitrogens is 1. The van der Waals surface area contributed by atoms with Gasteiger partial charge in [-0.15, -0.1) is 0 Å². The number of nitrogens with one attached hydrogen (secondary N) is 1. The zero-order valence-electron chi connectivity index (χ0n) is 9.63. The van der Waals surface area contributed by atoms with Crippen LogP contribution in [0, 0.1) is 5.82 Å². The molecule has 0 saturated carbocycles. The largest absolute Gasteiger partial charge is 0.477 e. The lowest BCUT2D eigenvalue weighted by Crippen LogP contribution is -2.13. The van der Waals surface area contributed by atoms with E-state index in [1.165, 1.54) is 36.5 Å². The number of aromatic carboxylic acids is 1. The number of hydrogen-bond donors (Lipinski definition) is 2. The van der Waals surface area contributed by atoms with Gasteiger partial charge in [-0.05, 0) is 30.3 Å². The van der Waals surface area contributed by atoms with E-state index in [-0.39, 0.29) is 16.9 Å². The molecule has 0 saturated heterocycles. The molecule has 6 heteroatoms. The van der Waals surface area contributed by atoms with Crippen molar-refractivity contribution in [3.63, 3.8) is 0 Å². The number of halogens is 1. The van der Waals surface area contributed by atoms with Crippen molar-refractivity contribution in [3.05, 3.63) is 59.7 Å². The first-order valence-electron chi connectivity index (χ1n) is 5.32. The second-order valence-corrected chi connectivity index (χ2v) is 3.70. The lowest BCUT2D eigenvalue weighted by Gasteiger charge is -2.05. The highest BCUT2D eigenvalue weighted by Crippen LogP contribution is 2.11. The summed E-state index contributed by atoms with van der Waals surface area (Å²) < 4.78 is 13.0.